The summed E-state index contributed by atoms with van der Waals surface area (Å²) in [5, 5.41) is 0. The molecule has 1 saturated carbocycles. The first-order chi connectivity index (χ1) is 5.12. The van der Waals surface area contributed by atoms with E-state index in [1.54, 1.807) is 0 Å². The second-order valence-electron chi connectivity index (χ2n) is 3.29. The Kier molecular flexibility index (Phi) is 1.49. The smallest absolute Gasteiger partial charge is 0.248 e. The van der Waals surface area contributed by atoms with Crippen molar-refractivity contribution in [2.45, 2.75) is 19.3 Å². The van der Waals surface area contributed by atoms with Gasteiger partial charge in [0.1, 0.15) is 0 Å². The van der Waals surface area contributed by atoms with Crippen molar-refractivity contribution in [3.63, 3.8) is 0 Å². The molecule has 4 nitrogen and oxygen atoms in total. The Labute approximate surface area is 65.8 Å². The molecule has 1 heterocycles. The van der Waals surface area contributed by atoms with Gasteiger partial charge in [0, 0.05) is 5.41 Å². The van der Waals surface area contributed by atoms with E-state index < -0.39 is 10.4 Å². The highest BCUT2D eigenvalue weighted by Crippen LogP contribution is 2.43. The van der Waals surface area contributed by atoms with Crippen LogP contribution in [-0.4, -0.2) is 21.6 Å². The topological polar surface area (TPSA) is 52.6 Å². The second-order valence-corrected chi connectivity index (χ2v) is 4.57. The van der Waals surface area contributed by atoms with Gasteiger partial charge in [0.15, 0.2) is 0 Å². The van der Waals surface area contributed by atoms with Crippen molar-refractivity contribution < 1.29 is 16.8 Å². The molecule has 0 unspecified atom stereocenters. The highest BCUT2D eigenvalue weighted by Gasteiger charge is 2.43. The predicted octanol–water partition coefficient (Wildman–Crippen LogP) is 0.448. The third-order valence-electron chi connectivity index (χ3n) is 2.43. The zero-order chi connectivity index (χ0) is 7.95. The summed E-state index contributed by atoms with van der Waals surface area (Å²) in [4.78, 5) is 0. The Bertz CT molecular complexity index is 236. The molecule has 0 N–H and O–H groups in total. The van der Waals surface area contributed by atoms with E-state index in [0.29, 0.717) is 13.2 Å². The number of hydrogen-bond donors (Lipinski definition) is 0. The van der Waals surface area contributed by atoms with Crippen LogP contribution in [0.4, 0.5) is 0 Å². The summed E-state index contributed by atoms with van der Waals surface area (Å²) in [5.74, 6) is 0. The van der Waals surface area contributed by atoms with Crippen LogP contribution in [0.3, 0.4) is 0 Å². The summed E-state index contributed by atoms with van der Waals surface area (Å²) in [5.41, 5.74) is 0.0331. The lowest BCUT2D eigenvalue weighted by molar-refractivity contribution is -0.0292. The van der Waals surface area contributed by atoms with Crippen molar-refractivity contribution in [1.29, 1.82) is 0 Å². The zero-order valence-electron chi connectivity index (χ0n) is 6.08. The minimum Gasteiger partial charge on any atom is -0.248 e. The van der Waals surface area contributed by atoms with Crippen LogP contribution in [0.25, 0.3) is 0 Å². The Morgan fingerprint density at radius 1 is 1.09 bits per heavy atom. The van der Waals surface area contributed by atoms with Crippen LogP contribution in [0.15, 0.2) is 0 Å². The van der Waals surface area contributed by atoms with Gasteiger partial charge < -0.3 is 0 Å². The third kappa shape index (κ3) is 1.28. The van der Waals surface area contributed by atoms with Crippen LogP contribution in [0, 0.1) is 5.41 Å². The van der Waals surface area contributed by atoms with E-state index >= 15 is 0 Å². The summed E-state index contributed by atoms with van der Waals surface area (Å²) < 4.78 is 30.4. The van der Waals surface area contributed by atoms with Gasteiger partial charge in [-0.25, -0.2) is 8.37 Å². The van der Waals surface area contributed by atoms with Crippen molar-refractivity contribution >= 4 is 10.4 Å². The maximum Gasteiger partial charge on any atom is 0.399 e. The molecule has 0 aromatic rings. The summed E-state index contributed by atoms with van der Waals surface area (Å²) in [7, 11) is -3.63. The van der Waals surface area contributed by atoms with Gasteiger partial charge >= 0.3 is 10.4 Å². The van der Waals surface area contributed by atoms with Gasteiger partial charge in [-0.05, 0) is 12.8 Å². The first-order valence-corrected chi connectivity index (χ1v) is 4.99. The van der Waals surface area contributed by atoms with Crippen LogP contribution >= 0.6 is 0 Å². The highest BCUT2D eigenvalue weighted by molar-refractivity contribution is 7.81. The minimum atomic E-state index is -3.63. The molecule has 0 aromatic heterocycles. The van der Waals surface area contributed by atoms with E-state index in [0.717, 1.165) is 19.3 Å². The fraction of sp³-hybridized carbons (Fsp3) is 1.00. The van der Waals surface area contributed by atoms with Crippen molar-refractivity contribution in [3.8, 4) is 0 Å². The van der Waals surface area contributed by atoms with E-state index in [1.807, 2.05) is 0 Å². The van der Waals surface area contributed by atoms with Crippen LogP contribution in [0.2, 0.25) is 0 Å². The molecular formula is C6H10O4S. The van der Waals surface area contributed by atoms with Gasteiger partial charge in [-0.1, -0.05) is 6.42 Å². The van der Waals surface area contributed by atoms with Gasteiger partial charge in [0.05, 0.1) is 13.2 Å². The first-order valence-electron chi connectivity index (χ1n) is 3.66. The summed E-state index contributed by atoms with van der Waals surface area (Å²) >= 11 is 0. The van der Waals surface area contributed by atoms with Gasteiger partial charge in [0.25, 0.3) is 0 Å². The highest BCUT2D eigenvalue weighted by atomic mass is 32.3. The molecular weight excluding hydrogens is 168 g/mol. The van der Waals surface area contributed by atoms with Crippen molar-refractivity contribution in [2.75, 3.05) is 13.2 Å². The Balaban J connectivity index is 2.04. The second kappa shape index (κ2) is 2.18. The molecule has 0 atom stereocenters. The van der Waals surface area contributed by atoms with Crippen LogP contribution in [-0.2, 0) is 18.8 Å². The number of hydrogen-bond acceptors (Lipinski definition) is 4. The quantitative estimate of drug-likeness (QED) is 0.540. The predicted molar refractivity (Wildman–Crippen MR) is 37.1 cm³/mol. The average molecular weight is 178 g/mol. The van der Waals surface area contributed by atoms with Gasteiger partial charge in [-0.15, -0.1) is 0 Å². The van der Waals surface area contributed by atoms with Crippen LogP contribution in [0.1, 0.15) is 19.3 Å². The van der Waals surface area contributed by atoms with E-state index in [2.05, 4.69) is 8.37 Å². The fourth-order valence-electron chi connectivity index (χ4n) is 1.44. The van der Waals surface area contributed by atoms with E-state index in [1.165, 1.54) is 0 Å². The molecule has 0 aromatic carbocycles. The normalized spacial score (nSPS) is 33.1. The molecule has 0 radical (unpaired) electrons. The average Bonchev–Trinajstić information content (AvgIpc) is 1.84. The Morgan fingerprint density at radius 2 is 1.64 bits per heavy atom. The van der Waals surface area contributed by atoms with Crippen molar-refractivity contribution in [1.82, 2.24) is 0 Å². The molecule has 64 valence electrons. The molecule has 0 amide bonds. The standard InChI is InChI=1S/C6H10O4S/c7-11(8)9-4-6(5-10-11)2-1-3-6/h1-5H2. The molecule has 1 aliphatic carbocycles. The summed E-state index contributed by atoms with van der Waals surface area (Å²) in [6.07, 6.45) is 3.22. The van der Waals surface area contributed by atoms with E-state index in [4.69, 9.17) is 0 Å². The monoisotopic (exact) mass is 178 g/mol. The minimum absolute atomic E-state index is 0.0331. The third-order valence-corrected chi connectivity index (χ3v) is 3.25. The Hall–Kier alpha value is -0.130. The molecule has 5 heteroatoms. The SMILES string of the molecule is O=S1(=O)OCC2(CCC2)CO1. The fourth-order valence-corrected chi connectivity index (χ4v) is 2.29. The lowest BCUT2D eigenvalue weighted by Crippen LogP contribution is -2.44. The molecule has 11 heavy (non-hydrogen) atoms. The molecule has 2 aliphatic rings. The molecule has 0 bridgehead atoms. The number of rotatable bonds is 0. The molecule has 2 rings (SSSR count). The summed E-state index contributed by atoms with van der Waals surface area (Å²) in [6.45, 7) is 0.630. The van der Waals surface area contributed by atoms with Crippen LogP contribution < -0.4 is 0 Å². The van der Waals surface area contributed by atoms with E-state index in [-0.39, 0.29) is 5.41 Å². The first kappa shape index (κ1) is 7.52. The molecule has 2 fully saturated rings. The largest absolute Gasteiger partial charge is 0.399 e. The zero-order valence-corrected chi connectivity index (χ0v) is 6.89. The maximum absolute atomic E-state index is 10.6. The Morgan fingerprint density at radius 3 is 2.00 bits per heavy atom. The molecule has 1 aliphatic heterocycles. The van der Waals surface area contributed by atoms with Crippen molar-refractivity contribution in [2.24, 2.45) is 5.41 Å². The van der Waals surface area contributed by atoms with E-state index in [9.17, 15) is 8.42 Å². The van der Waals surface area contributed by atoms with Gasteiger partial charge in [0.2, 0.25) is 0 Å². The van der Waals surface area contributed by atoms with Gasteiger partial charge in [-0.2, -0.15) is 8.42 Å². The lowest BCUT2D eigenvalue weighted by atomic mass is 9.70. The maximum atomic E-state index is 10.6. The van der Waals surface area contributed by atoms with Crippen LogP contribution in [0.5, 0.6) is 0 Å². The lowest BCUT2D eigenvalue weighted by Gasteiger charge is -2.42. The van der Waals surface area contributed by atoms with Crippen molar-refractivity contribution in [3.05, 3.63) is 0 Å². The molecule has 1 saturated heterocycles. The molecule has 1 spiro atoms. The van der Waals surface area contributed by atoms with Gasteiger partial charge in [-0.3, -0.25) is 0 Å². The summed E-state index contributed by atoms with van der Waals surface area (Å²) in [6, 6.07) is 0.